The lowest BCUT2D eigenvalue weighted by Crippen LogP contribution is -2.55. The van der Waals surface area contributed by atoms with Gasteiger partial charge in [0.1, 0.15) is 11.4 Å². The van der Waals surface area contributed by atoms with Crippen LogP contribution in [0.4, 0.5) is 0 Å². The van der Waals surface area contributed by atoms with E-state index in [0.29, 0.717) is 30.7 Å². The van der Waals surface area contributed by atoms with Crippen LogP contribution >= 0.6 is 0 Å². The molecule has 0 radical (unpaired) electrons. The van der Waals surface area contributed by atoms with E-state index in [4.69, 9.17) is 4.74 Å². The van der Waals surface area contributed by atoms with Crippen molar-refractivity contribution >= 4 is 16.8 Å². The summed E-state index contributed by atoms with van der Waals surface area (Å²) in [7, 11) is 2.02. The highest BCUT2D eigenvalue weighted by Gasteiger charge is 2.35. The molecule has 1 aliphatic carbocycles. The molecule has 0 spiro atoms. The summed E-state index contributed by atoms with van der Waals surface area (Å²) in [5.74, 6) is 1.11. The van der Waals surface area contributed by atoms with Gasteiger partial charge in [0.05, 0.1) is 17.7 Å². The van der Waals surface area contributed by atoms with Crippen molar-refractivity contribution in [3.05, 3.63) is 54.2 Å². The van der Waals surface area contributed by atoms with Crippen LogP contribution in [-0.4, -0.2) is 63.8 Å². The normalized spacial score (nSPS) is 18.2. The monoisotopic (exact) mass is 448 g/mol. The third-order valence-corrected chi connectivity index (χ3v) is 5.95. The molecule has 174 valence electrons. The number of nitrogens with zero attached hydrogens (tertiary/aromatic N) is 3. The first-order valence-corrected chi connectivity index (χ1v) is 11.5. The third kappa shape index (κ3) is 5.49. The van der Waals surface area contributed by atoms with E-state index in [1.807, 2.05) is 76.3 Å². The summed E-state index contributed by atoms with van der Waals surface area (Å²) in [6.07, 6.45) is 1.71. The van der Waals surface area contributed by atoms with Crippen LogP contribution in [0.15, 0.2) is 48.5 Å². The van der Waals surface area contributed by atoms with Crippen molar-refractivity contribution in [3.63, 3.8) is 0 Å². The summed E-state index contributed by atoms with van der Waals surface area (Å²) in [4.78, 5) is 24.7. The van der Waals surface area contributed by atoms with Gasteiger partial charge >= 0.3 is 0 Å². The summed E-state index contributed by atoms with van der Waals surface area (Å²) in [6.45, 7) is 6.76. The Morgan fingerprint density at radius 1 is 1.15 bits per heavy atom. The van der Waals surface area contributed by atoms with E-state index >= 15 is 0 Å². The Balaban J connectivity index is 1.52. The fourth-order valence-electron chi connectivity index (χ4n) is 4.30. The lowest BCUT2D eigenvalue weighted by Gasteiger charge is -2.43. The number of likely N-dealkylation sites (N-methyl/N-ethyl adjacent to an activating group) is 1. The van der Waals surface area contributed by atoms with Crippen LogP contribution in [0.5, 0.6) is 5.75 Å². The van der Waals surface area contributed by atoms with E-state index in [2.05, 4.69) is 20.2 Å². The Labute approximate surface area is 194 Å². The molecule has 4 rings (SSSR count). The number of fused-ring (bicyclic) bond motifs is 1. The smallest absolute Gasteiger partial charge is 0.270 e. The second-order valence-electron chi connectivity index (χ2n) is 9.39. The van der Waals surface area contributed by atoms with Gasteiger partial charge in [0.25, 0.3) is 5.91 Å². The van der Waals surface area contributed by atoms with Crippen molar-refractivity contribution in [2.24, 2.45) is 0 Å². The van der Waals surface area contributed by atoms with Gasteiger partial charge in [0.15, 0.2) is 5.82 Å². The number of benzene rings is 2. The molecule has 1 saturated carbocycles. The number of nitrogens with one attached hydrogen (secondary N) is 1. The molecule has 1 aromatic heterocycles. The van der Waals surface area contributed by atoms with Crippen LogP contribution < -0.4 is 10.1 Å². The Kier molecular flexibility index (Phi) is 6.63. The van der Waals surface area contributed by atoms with Gasteiger partial charge in [-0.3, -0.25) is 4.79 Å². The molecular formula is C26H32N4O3. The molecule has 2 aromatic carbocycles. The van der Waals surface area contributed by atoms with Gasteiger partial charge in [-0.15, -0.1) is 0 Å². The Hall–Kier alpha value is -3.03. The molecule has 7 nitrogen and oxygen atoms in total. The van der Waals surface area contributed by atoms with Crippen LogP contribution in [-0.2, 0) is 0 Å². The average Bonchev–Trinajstić information content (AvgIpc) is 2.74. The first-order valence-electron chi connectivity index (χ1n) is 11.5. The number of hydrogen-bond acceptors (Lipinski definition) is 6. The number of hydrogen-bond donors (Lipinski definition) is 2. The number of para-hydroxylation sites is 1. The summed E-state index contributed by atoms with van der Waals surface area (Å²) >= 11 is 0. The van der Waals surface area contributed by atoms with Crippen molar-refractivity contribution in [2.45, 2.75) is 51.3 Å². The number of amides is 1. The molecular weight excluding hydrogens is 416 g/mol. The maximum Gasteiger partial charge on any atom is 0.270 e. The van der Waals surface area contributed by atoms with Crippen molar-refractivity contribution in [1.82, 2.24) is 20.2 Å². The van der Waals surface area contributed by atoms with Crippen LogP contribution in [0.25, 0.3) is 22.3 Å². The van der Waals surface area contributed by atoms with Gasteiger partial charge in [0.2, 0.25) is 0 Å². The van der Waals surface area contributed by atoms with Crippen LogP contribution in [0.2, 0.25) is 0 Å². The molecule has 0 aliphatic heterocycles. The van der Waals surface area contributed by atoms with Gasteiger partial charge in [-0.2, -0.15) is 0 Å². The van der Waals surface area contributed by atoms with Gasteiger partial charge in [-0.05, 0) is 71.0 Å². The Bertz CT molecular complexity index is 1120. The lowest BCUT2D eigenvalue weighted by atomic mass is 9.85. The molecule has 1 fully saturated rings. The second-order valence-corrected chi connectivity index (χ2v) is 9.39. The molecule has 1 aliphatic rings. The minimum atomic E-state index is -0.736. The Morgan fingerprint density at radius 2 is 1.85 bits per heavy atom. The van der Waals surface area contributed by atoms with Crippen molar-refractivity contribution in [2.75, 3.05) is 20.2 Å². The summed E-state index contributed by atoms with van der Waals surface area (Å²) in [6, 6.07) is 15.6. The largest absolute Gasteiger partial charge is 0.494 e. The summed E-state index contributed by atoms with van der Waals surface area (Å²) < 4.78 is 5.52. The fraction of sp³-hybridized carbons (Fsp3) is 0.423. The molecule has 3 aromatic rings. The number of ether oxygens (including phenoxy) is 1. The molecule has 0 bridgehead atoms. The first-order chi connectivity index (χ1) is 15.7. The SMILES string of the molecule is CCOc1ccc(-c2nc(C(=O)NC3CC(N(C)CC(C)(C)O)C3)c3ccccc3n2)cc1. The van der Waals surface area contributed by atoms with Gasteiger partial charge in [-0.1, -0.05) is 18.2 Å². The fourth-order valence-corrected chi connectivity index (χ4v) is 4.30. The highest BCUT2D eigenvalue weighted by molar-refractivity contribution is 6.05. The predicted octanol–water partition coefficient (Wildman–Crippen LogP) is 3.66. The minimum Gasteiger partial charge on any atom is -0.494 e. The van der Waals surface area contributed by atoms with Crippen LogP contribution in [0, 0.1) is 0 Å². The highest BCUT2D eigenvalue weighted by atomic mass is 16.5. The van der Waals surface area contributed by atoms with E-state index in [1.54, 1.807) is 0 Å². The average molecular weight is 449 g/mol. The van der Waals surface area contributed by atoms with Crippen molar-refractivity contribution in [1.29, 1.82) is 0 Å². The molecule has 1 amide bonds. The molecule has 0 saturated heterocycles. The van der Waals surface area contributed by atoms with E-state index in [-0.39, 0.29) is 11.9 Å². The van der Waals surface area contributed by atoms with E-state index in [9.17, 15) is 9.90 Å². The molecule has 33 heavy (non-hydrogen) atoms. The number of aromatic nitrogens is 2. The van der Waals surface area contributed by atoms with Gasteiger partial charge in [-0.25, -0.2) is 9.97 Å². The zero-order valence-electron chi connectivity index (χ0n) is 19.7. The first kappa shape index (κ1) is 23.1. The molecule has 0 atom stereocenters. The molecule has 7 heteroatoms. The van der Waals surface area contributed by atoms with E-state index in [1.165, 1.54) is 0 Å². The van der Waals surface area contributed by atoms with Gasteiger partial charge in [0, 0.05) is 29.6 Å². The standard InChI is InChI=1S/C26H32N4O3/c1-5-33-20-12-10-17(11-13-20)24-28-22-9-7-6-8-21(22)23(29-24)25(31)27-18-14-19(15-18)30(4)16-26(2,3)32/h6-13,18-19,32H,5,14-16H2,1-4H3,(H,27,31). The number of carbonyl (C=O) groups excluding carboxylic acids is 1. The topological polar surface area (TPSA) is 87.6 Å². The second kappa shape index (κ2) is 9.45. The highest BCUT2D eigenvalue weighted by Crippen LogP contribution is 2.28. The van der Waals surface area contributed by atoms with Crippen molar-refractivity contribution in [3.8, 4) is 17.1 Å². The number of aliphatic hydroxyl groups is 1. The third-order valence-electron chi connectivity index (χ3n) is 5.95. The quantitative estimate of drug-likeness (QED) is 0.547. The zero-order valence-corrected chi connectivity index (χ0v) is 19.7. The van der Waals surface area contributed by atoms with Gasteiger partial charge < -0.3 is 20.1 Å². The minimum absolute atomic E-state index is 0.0920. The summed E-state index contributed by atoms with van der Waals surface area (Å²) in [5, 5.41) is 13.9. The molecule has 1 heterocycles. The van der Waals surface area contributed by atoms with E-state index in [0.717, 1.165) is 35.1 Å². The van der Waals surface area contributed by atoms with E-state index < -0.39 is 5.60 Å². The molecule has 0 unspecified atom stereocenters. The molecule has 2 N–H and O–H groups in total. The maximum atomic E-state index is 13.2. The van der Waals surface area contributed by atoms with Crippen LogP contribution in [0.3, 0.4) is 0 Å². The predicted molar refractivity (Wildman–Crippen MR) is 129 cm³/mol. The van der Waals surface area contributed by atoms with Crippen LogP contribution in [0.1, 0.15) is 44.1 Å². The number of carbonyl (C=O) groups is 1. The summed E-state index contributed by atoms with van der Waals surface area (Å²) in [5.41, 5.74) is 1.21. The number of rotatable bonds is 8. The lowest BCUT2D eigenvalue weighted by molar-refractivity contribution is 0.0105. The zero-order chi connectivity index (χ0) is 23.6. The van der Waals surface area contributed by atoms with Crippen molar-refractivity contribution < 1.29 is 14.6 Å². The maximum absolute atomic E-state index is 13.2. The Morgan fingerprint density at radius 3 is 2.52 bits per heavy atom.